The maximum absolute atomic E-state index is 12.9. The molecule has 4 aromatic heterocycles. The fraction of sp³-hybridized carbons (Fsp3) is 0.389. The molecule has 4 aromatic carbocycles. The van der Waals surface area contributed by atoms with E-state index in [2.05, 4.69) is 161 Å². The average molecular weight is 901 g/mol. The number of aromatic amines is 2. The van der Waals surface area contributed by atoms with Gasteiger partial charge in [0.2, 0.25) is 5.76 Å². The number of aryl methyl sites for hydroxylation is 4. The van der Waals surface area contributed by atoms with Crippen molar-refractivity contribution in [3.8, 4) is 22.8 Å². The molecule has 348 valence electrons. The quantitative estimate of drug-likeness (QED) is 0.159. The summed E-state index contributed by atoms with van der Waals surface area (Å²) in [6.07, 6.45) is 0. The standard InChI is InChI=1S/C27H31N5O2.C27H33N5O/c1-17-24(34-18(2)28-17)26(33)32-15-13-31(14-16-32)22-8-6-7-21-23(22)30-25(29-21)19-9-11-20(12-10-19)27(3,4)5;1-18-24(33-19(2)28-18)17-31-13-15-32(16-14-31)23-8-6-7-22-25(23)30-26(29-22)20-9-11-21(12-10-20)27(3,4)5/h6-12H,13-16H2,1-5H3,(H,29,30);6-12H,13-17H2,1-5H3,(H,29,30). The predicted molar refractivity (Wildman–Crippen MR) is 268 cm³/mol. The third kappa shape index (κ3) is 9.74. The zero-order valence-corrected chi connectivity index (χ0v) is 40.7. The molecule has 2 fully saturated rings. The first-order valence-corrected chi connectivity index (χ1v) is 23.6. The topological polar surface area (TPSA) is 139 Å². The van der Waals surface area contributed by atoms with E-state index in [9.17, 15) is 4.79 Å². The Bertz CT molecular complexity index is 3000. The summed E-state index contributed by atoms with van der Waals surface area (Å²) in [5.41, 5.74) is 13.1. The van der Waals surface area contributed by atoms with Gasteiger partial charge in [-0.05, 0) is 60.1 Å². The molecule has 13 nitrogen and oxygen atoms in total. The maximum Gasteiger partial charge on any atom is 0.291 e. The third-order valence-corrected chi connectivity index (χ3v) is 13.1. The summed E-state index contributed by atoms with van der Waals surface area (Å²) in [4.78, 5) is 47.6. The highest BCUT2D eigenvalue weighted by Crippen LogP contribution is 2.33. The number of para-hydroxylation sites is 2. The van der Waals surface area contributed by atoms with Crippen molar-refractivity contribution in [2.75, 3.05) is 62.2 Å². The molecule has 0 unspecified atom stereocenters. The summed E-state index contributed by atoms with van der Waals surface area (Å²) >= 11 is 0. The molecule has 2 saturated heterocycles. The van der Waals surface area contributed by atoms with Gasteiger partial charge < -0.3 is 33.5 Å². The van der Waals surface area contributed by atoms with E-state index in [1.54, 1.807) is 6.92 Å². The van der Waals surface area contributed by atoms with Crippen LogP contribution >= 0.6 is 0 Å². The Morgan fingerprint density at radius 2 is 1.00 bits per heavy atom. The van der Waals surface area contributed by atoms with Crippen LogP contribution in [0.3, 0.4) is 0 Å². The van der Waals surface area contributed by atoms with E-state index in [1.165, 1.54) is 16.8 Å². The Labute approximate surface area is 393 Å². The van der Waals surface area contributed by atoms with Crippen molar-refractivity contribution in [2.24, 2.45) is 0 Å². The van der Waals surface area contributed by atoms with Crippen LogP contribution in [0.5, 0.6) is 0 Å². The van der Waals surface area contributed by atoms with Crippen molar-refractivity contribution < 1.29 is 13.6 Å². The summed E-state index contributed by atoms with van der Waals surface area (Å²) in [7, 11) is 0. The van der Waals surface area contributed by atoms with Crippen LogP contribution in [0.2, 0.25) is 0 Å². The molecule has 67 heavy (non-hydrogen) atoms. The van der Waals surface area contributed by atoms with Gasteiger partial charge in [-0.3, -0.25) is 9.69 Å². The molecule has 2 aliphatic rings. The summed E-state index contributed by atoms with van der Waals surface area (Å²) in [6.45, 7) is 28.3. The lowest BCUT2D eigenvalue weighted by atomic mass is 9.87. The molecule has 13 heteroatoms. The number of aromatic nitrogens is 6. The van der Waals surface area contributed by atoms with Crippen molar-refractivity contribution in [2.45, 2.75) is 86.6 Å². The Morgan fingerprint density at radius 3 is 1.42 bits per heavy atom. The molecule has 6 heterocycles. The second kappa shape index (κ2) is 18.2. The van der Waals surface area contributed by atoms with Crippen molar-refractivity contribution in [1.82, 2.24) is 39.7 Å². The summed E-state index contributed by atoms with van der Waals surface area (Å²) in [5.74, 6) is 4.31. The van der Waals surface area contributed by atoms with Gasteiger partial charge in [-0.1, -0.05) is 102 Å². The monoisotopic (exact) mass is 901 g/mol. The average Bonchev–Trinajstić information content (AvgIpc) is 4.10. The van der Waals surface area contributed by atoms with Crippen molar-refractivity contribution >= 4 is 39.3 Å². The van der Waals surface area contributed by atoms with Gasteiger partial charge in [0.15, 0.2) is 11.8 Å². The largest absolute Gasteiger partial charge is 0.444 e. The van der Waals surface area contributed by atoms with Crippen LogP contribution in [0.4, 0.5) is 11.4 Å². The fourth-order valence-electron chi connectivity index (χ4n) is 9.17. The molecule has 1 amide bonds. The van der Waals surface area contributed by atoms with E-state index in [-0.39, 0.29) is 16.7 Å². The molecule has 0 atom stereocenters. The van der Waals surface area contributed by atoms with Gasteiger partial charge >= 0.3 is 0 Å². The van der Waals surface area contributed by atoms with Gasteiger partial charge in [0.05, 0.1) is 40.3 Å². The lowest BCUT2D eigenvalue weighted by Gasteiger charge is -2.35. The van der Waals surface area contributed by atoms with Gasteiger partial charge in [0.1, 0.15) is 28.4 Å². The summed E-state index contributed by atoms with van der Waals surface area (Å²) in [6, 6.07) is 30.0. The molecule has 0 saturated carbocycles. The van der Waals surface area contributed by atoms with E-state index < -0.39 is 0 Å². The van der Waals surface area contributed by atoms with E-state index in [1.807, 2.05) is 25.7 Å². The number of nitrogens with zero attached hydrogens (tertiary/aromatic N) is 8. The highest BCUT2D eigenvalue weighted by Gasteiger charge is 2.28. The van der Waals surface area contributed by atoms with E-state index in [0.29, 0.717) is 30.4 Å². The molecule has 0 aliphatic carbocycles. The number of fused-ring (bicyclic) bond motifs is 2. The van der Waals surface area contributed by atoms with Crippen LogP contribution in [-0.2, 0) is 17.4 Å². The van der Waals surface area contributed by atoms with E-state index in [4.69, 9.17) is 18.8 Å². The smallest absolute Gasteiger partial charge is 0.291 e. The molecule has 0 spiro atoms. The van der Waals surface area contributed by atoms with Crippen LogP contribution in [0, 0.1) is 27.7 Å². The Balaban J connectivity index is 0.000000168. The van der Waals surface area contributed by atoms with E-state index >= 15 is 0 Å². The molecule has 2 N–H and O–H groups in total. The number of amides is 1. The van der Waals surface area contributed by atoms with Gasteiger partial charge in [0, 0.05) is 77.3 Å². The lowest BCUT2D eigenvalue weighted by molar-refractivity contribution is 0.0712. The number of imidazole rings is 2. The second-order valence-electron chi connectivity index (χ2n) is 20.1. The minimum Gasteiger partial charge on any atom is -0.444 e. The zero-order valence-electron chi connectivity index (χ0n) is 40.7. The first-order valence-electron chi connectivity index (χ1n) is 23.6. The summed E-state index contributed by atoms with van der Waals surface area (Å²) in [5, 5.41) is 0. The summed E-state index contributed by atoms with van der Waals surface area (Å²) < 4.78 is 11.3. The number of piperazine rings is 2. The number of nitrogens with one attached hydrogen (secondary N) is 2. The van der Waals surface area contributed by atoms with Gasteiger partial charge in [-0.25, -0.2) is 19.9 Å². The van der Waals surface area contributed by atoms with E-state index in [0.717, 1.165) is 114 Å². The first-order chi connectivity index (χ1) is 32.0. The lowest BCUT2D eigenvalue weighted by Crippen LogP contribution is -2.49. The molecule has 0 bridgehead atoms. The SMILES string of the molecule is Cc1nc(C)c(C(=O)N2CCN(c3cccc4[nH]c(-c5ccc(C(C)(C)C)cc5)nc34)CC2)o1.Cc1nc(C)c(CN2CCN(c3cccc4[nH]c(-c5ccc(C(C)(C)C)cc5)nc34)CC2)o1. The minimum atomic E-state index is -0.0864. The van der Waals surface area contributed by atoms with Crippen LogP contribution in [0.1, 0.15) is 92.2 Å². The number of anilines is 2. The Morgan fingerprint density at radius 1 is 0.552 bits per heavy atom. The highest BCUT2D eigenvalue weighted by molar-refractivity contribution is 5.94. The number of benzene rings is 4. The Hall–Kier alpha value is -6.73. The predicted octanol–water partition coefficient (Wildman–Crippen LogP) is 10.5. The van der Waals surface area contributed by atoms with Crippen LogP contribution in [-0.4, -0.2) is 98.0 Å². The van der Waals surface area contributed by atoms with Crippen LogP contribution < -0.4 is 9.80 Å². The first kappa shape index (κ1) is 45.4. The molecule has 10 rings (SSSR count). The van der Waals surface area contributed by atoms with Gasteiger partial charge in [-0.15, -0.1) is 0 Å². The Kier molecular flexibility index (Phi) is 12.3. The number of hydrogen-bond acceptors (Lipinski definition) is 10. The van der Waals surface area contributed by atoms with Crippen molar-refractivity contribution in [3.05, 3.63) is 131 Å². The molecular formula is C54H64N10O3. The number of carbonyl (C=O) groups excluding carboxylic acids is 1. The number of hydrogen-bond donors (Lipinski definition) is 2. The molecule has 0 radical (unpaired) electrons. The third-order valence-electron chi connectivity index (χ3n) is 13.1. The molecule has 8 aromatic rings. The number of rotatable bonds is 7. The van der Waals surface area contributed by atoms with Crippen LogP contribution in [0.25, 0.3) is 44.8 Å². The van der Waals surface area contributed by atoms with Crippen molar-refractivity contribution in [1.29, 1.82) is 0 Å². The van der Waals surface area contributed by atoms with Crippen molar-refractivity contribution in [3.63, 3.8) is 0 Å². The molecular weight excluding hydrogens is 837 g/mol. The second-order valence-corrected chi connectivity index (χ2v) is 20.1. The highest BCUT2D eigenvalue weighted by atomic mass is 16.4. The maximum atomic E-state index is 12.9. The van der Waals surface area contributed by atoms with Crippen LogP contribution in [0.15, 0.2) is 93.8 Å². The number of carbonyl (C=O) groups is 1. The molecule has 2 aliphatic heterocycles. The fourth-order valence-corrected chi connectivity index (χ4v) is 9.17. The minimum absolute atomic E-state index is 0.0864. The number of oxazole rings is 2. The zero-order chi connectivity index (χ0) is 47.2. The number of H-pyrrole nitrogens is 2. The van der Waals surface area contributed by atoms with Gasteiger partial charge in [-0.2, -0.15) is 0 Å². The normalized spacial score (nSPS) is 15.1. The van der Waals surface area contributed by atoms with Gasteiger partial charge in [0.25, 0.3) is 5.91 Å².